The van der Waals surface area contributed by atoms with Crippen LogP contribution in [0.3, 0.4) is 0 Å². The molecule has 20 heavy (non-hydrogen) atoms. The molecule has 0 radical (unpaired) electrons. The molecule has 2 atom stereocenters. The molecule has 0 heterocycles. The zero-order valence-corrected chi connectivity index (χ0v) is 13.2. The summed E-state index contributed by atoms with van der Waals surface area (Å²) in [5, 5.41) is -0.342. The van der Waals surface area contributed by atoms with Crippen molar-refractivity contribution in [1.82, 2.24) is 4.72 Å². The number of nitrogens with one attached hydrogen (secondary N) is 1. The summed E-state index contributed by atoms with van der Waals surface area (Å²) in [6.45, 7) is 7.01. The highest BCUT2D eigenvalue weighted by atomic mass is 35.5. The monoisotopic (exact) mass is 327 g/mol. The summed E-state index contributed by atoms with van der Waals surface area (Å²) in [7, 11) is -1.37. The Morgan fingerprint density at radius 2 is 1.80 bits per heavy atom. The lowest BCUT2D eigenvalue weighted by Gasteiger charge is -2.22. The van der Waals surface area contributed by atoms with Crippen molar-refractivity contribution in [3.8, 4) is 0 Å². The fourth-order valence-corrected chi connectivity index (χ4v) is 2.47. The van der Waals surface area contributed by atoms with Crippen molar-refractivity contribution >= 4 is 22.6 Å². The molecule has 0 aliphatic heterocycles. The molecule has 2 nitrogen and oxygen atoms in total. The molecule has 7 heteroatoms. The van der Waals surface area contributed by atoms with Gasteiger partial charge in [-0.1, -0.05) is 17.7 Å². The van der Waals surface area contributed by atoms with Gasteiger partial charge in [0.05, 0.1) is 26.3 Å². The molecule has 0 saturated carbocycles. The van der Waals surface area contributed by atoms with E-state index in [4.69, 9.17) is 11.6 Å². The second-order valence-electron chi connectivity index (χ2n) is 5.46. The minimum atomic E-state index is -4.50. The lowest BCUT2D eigenvalue weighted by atomic mass is 10.1. The third-order valence-electron chi connectivity index (χ3n) is 2.64. The molecular weight excluding hydrogens is 311 g/mol. The van der Waals surface area contributed by atoms with Crippen LogP contribution in [0, 0.1) is 0 Å². The van der Waals surface area contributed by atoms with Crippen molar-refractivity contribution in [1.29, 1.82) is 0 Å². The Kier molecular flexibility index (Phi) is 5.27. The van der Waals surface area contributed by atoms with Gasteiger partial charge in [0.1, 0.15) is 0 Å². The second-order valence-corrected chi connectivity index (χ2v) is 7.86. The van der Waals surface area contributed by atoms with Crippen molar-refractivity contribution in [2.24, 2.45) is 0 Å². The standard InChI is InChI=1S/C13H17ClF3NOS/c1-8(18-20(19)12(2,3)4)9-5-6-11(14)10(7-9)13(15,16)17/h5-8,18H,1-4H3/t8-,20-/m0/s1. The van der Waals surface area contributed by atoms with Crippen LogP contribution in [0.1, 0.15) is 44.9 Å². The number of rotatable bonds is 3. The number of benzene rings is 1. The number of hydrogen-bond acceptors (Lipinski definition) is 1. The fraction of sp³-hybridized carbons (Fsp3) is 0.538. The lowest BCUT2D eigenvalue weighted by molar-refractivity contribution is -0.137. The van der Waals surface area contributed by atoms with Gasteiger partial charge in [-0.05, 0) is 45.4 Å². The average Bonchev–Trinajstić information content (AvgIpc) is 2.26. The van der Waals surface area contributed by atoms with Crippen LogP contribution < -0.4 is 4.72 Å². The van der Waals surface area contributed by atoms with E-state index in [0.29, 0.717) is 5.56 Å². The Morgan fingerprint density at radius 1 is 1.25 bits per heavy atom. The van der Waals surface area contributed by atoms with Gasteiger partial charge in [0.15, 0.2) is 0 Å². The van der Waals surface area contributed by atoms with E-state index in [9.17, 15) is 17.4 Å². The van der Waals surface area contributed by atoms with Crippen molar-refractivity contribution in [3.05, 3.63) is 34.3 Å². The van der Waals surface area contributed by atoms with Gasteiger partial charge >= 0.3 is 6.18 Å². The molecular formula is C13H17ClF3NOS. The number of hydrogen-bond donors (Lipinski definition) is 1. The smallest absolute Gasteiger partial charge is 0.242 e. The molecule has 1 aromatic rings. The van der Waals surface area contributed by atoms with Gasteiger partial charge < -0.3 is 0 Å². The zero-order valence-electron chi connectivity index (χ0n) is 11.6. The van der Waals surface area contributed by atoms with E-state index < -0.39 is 33.5 Å². The Hall–Kier alpha value is -0.590. The maximum atomic E-state index is 12.8. The molecule has 0 amide bonds. The highest BCUT2D eigenvalue weighted by molar-refractivity contribution is 7.84. The van der Waals surface area contributed by atoms with E-state index in [1.165, 1.54) is 12.1 Å². The maximum absolute atomic E-state index is 12.8. The summed E-state index contributed by atoms with van der Waals surface area (Å²) >= 11 is 5.56. The molecule has 0 unspecified atom stereocenters. The van der Waals surface area contributed by atoms with Crippen molar-refractivity contribution in [2.45, 2.75) is 44.7 Å². The minimum Gasteiger partial charge on any atom is -0.242 e. The van der Waals surface area contributed by atoms with Gasteiger partial charge in [0.25, 0.3) is 0 Å². The summed E-state index contributed by atoms with van der Waals surface area (Å²) < 4.78 is 52.6. The first kappa shape index (κ1) is 17.5. The third kappa shape index (κ3) is 4.46. The first-order valence-corrected chi connectivity index (χ1v) is 7.50. The van der Waals surface area contributed by atoms with Gasteiger partial charge in [0.2, 0.25) is 0 Å². The molecule has 0 aromatic heterocycles. The highest BCUT2D eigenvalue weighted by Gasteiger charge is 2.33. The summed E-state index contributed by atoms with van der Waals surface area (Å²) in [5.74, 6) is 0. The number of halogens is 4. The molecule has 0 bridgehead atoms. The summed E-state index contributed by atoms with van der Waals surface area (Å²) in [4.78, 5) is 0. The molecule has 0 aliphatic rings. The Balaban J connectivity index is 3.01. The van der Waals surface area contributed by atoms with Crippen LogP contribution in [0.2, 0.25) is 5.02 Å². The van der Waals surface area contributed by atoms with Crippen LogP contribution in [0.5, 0.6) is 0 Å². The summed E-state index contributed by atoms with van der Waals surface area (Å²) in [6.07, 6.45) is -4.50. The largest absolute Gasteiger partial charge is 0.417 e. The highest BCUT2D eigenvalue weighted by Crippen LogP contribution is 2.36. The Morgan fingerprint density at radius 3 is 2.25 bits per heavy atom. The van der Waals surface area contributed by atoms with E-state index in [1.807, 2.05) is 0 Å². The van der Waals surface area contributed by atoms with Crippen LogP contribution in [-0.4, -0.2) is 8.96 Å². The van der Waals surface area contributed by atoms with Crippen molar-refractivity contribution in [2.75, 3.05) is 0 Å². The minimum absolute atomic E-state index is 0.342. The lowest BCUT2D eigenvalue weighted by Crippen LogP contribution is -2.34. The summed E-state index contributed by atoms with van der Waals surface area (Å²) in [5.41, 5.74) is -0.494. The van der Waals surface area contributed by atoms with Crippen LogP contribution in [0.15, 0.2) is 18.2 Å². The van der Waals surface area contributed by atoms with Gasteiger partial charge in [-0.3, -0.25) is 0 Å². The van der Waals surface area contributed by atoms with E-state index in [1.54, 1.807) is 27.7 Å². The predicted molar refractivity (Wildman–Crippen MR) is 75.9 cm³/mol. The van der Waals surface area contributed by atoms with Crippen LogP contribution >= 0.6 is 11.6 Å². The van der Waals surface area contributed by atoms with Gasteiger partial charge in [-0.25, -0.2) is 8.93 Å². The molecule has 1 rings (SSSR count). The zero-order chi connectivity index (χ0) is 15.7. The molecule has 1 aromatic carbocycles. The topological polar surface area (TPSA) is 29.1 Å². The molecule has 0 spiro atoms. The predicted octanol–water partition coefficient (Wildman–Crippen LogP) is 4.47. The van der Waals surface area contributed by atoms with Crippen molar-refractivity contribution in [3.63, 3.8) is 0 Å². The Bertz CT molecular complexity index is 511. The van der Waals surface area contributed by atoms with Crippen molar-refractivity contribution < 1.29 is 17.4 Å². The quantitative estimate of drug-likeness (QED) is 0.871. The second kappa shape index (κ2) is 6.03. The molecule has 0 saturated heterocycles. The van der Waals surface area contributed by atoms with Crippen LogP contribution in [-0.2, 0) is 17.2 Å². The SMILES string of the molecule is C[C@H](N[S@@](=O)C(C)(C)C)c1ccc(Cl)c(C(F)(F)F)c1. The first-order valence-electron chi connectivity index (χ1n) is 5.97. The maximum Gasteiger partial charge on any atom is 0.417 e. The van der Waals surface area contributed by atoms with Gasteiger partial charge in [0, 0.05) is 6.04 Å². The number of alkyl halides is 3. The van der Waals surface area contributed by atoms with Crippen LogP contribution in [0.25, 0.3) is 0 Å². The van der Waals surface area contributed by atoms with Gasteiger partial charge in [-0.2, -0.15) is 13.2 Å². The van der Waals surface area contributed by atoms with Gasteiger partial charge in [-0.15, -0.1) is 0 Å². The first-order chi connectivity index (χ1) is 8.93. The third-order valence-corrected chi connectivity index (χ3v) is 4.65. The van der Waals surface area contributed by atoms with E-state index >= 15 is 0 Å². The van der Waals surface area contributed by atoms with E-state index in [0.717, 1.165) is 6.07 Å². The van der Waals surface area contributed by atoms with E-state index in [2.05, 4.69) is 4.72 Å². The molecule has 114 valence electrons. The Labute approximate surface area is 124 Å². The normalized spacial score (nSPS) is 16.0. The molecule has 0 fully saturated rings. The summed E-state index contributed by atoms with van der Waals surface area (Å²) in [6, 6.07) is 3.21. The fourth-order valence-electron chi connectivity index (χ4n) is 1.43. The molecule has 1 N–H and O–H groups in total. The average molecular weight is 328 g/mol. The van der Waals surface area contributed by atoms with Crippen LogP contribution in [0.4, 0.5) is 13.2 Å². The van der Waals surface area contributed by atoms with E-state index in [-0.39, 0.29) is 5.02 Å². The molecule has 0 aliphatic carbocycles.